The highest BCUT2D eigenvalue weighted by Gasteiger charge is 1.89. The minimum absolute atomic E-state index is 0.825. The molecule has 0 aliphatic rings. The maximum Gasteiger partial charge on any atom is 0.0962 e. The number of hydrogen-bond acceptors (Lipinski definition) is 1. The Morgan fingerprint density at radius 2 is 2.22 bits per heavy atom. The molecule has 1 nitrogen and oxygen atoms in total. The van der Waals surface area contributed by atoms with Gasteiger partial charge < -0.3 is 4.74 Å². The zero-order chi connectivity index (χ0) is 7.28. The van der Waals surface area contributed by atoms with Gasteiger partial charge in [-0.1, -0.05) is 13.5 Å². The van der Waals surface area contributed by atoms with Crippen LogP contribution in [0.2, 0.25) is 0 Å². The third kappa shape index (κ3) is 3.83. The Morgan fingerprint density at radius 1 is 1.67 bits per heavy atom. The largest absolute Gasteiger partial charge is 0.467 e. The summed E-state index contributed by atoms with van der Waals surface area (Å²) in [5.74, 6) is 1.74. The summed E-state index contributed by atoms with van der Waals surface area (Å²) in [5, 5.41) is 0. The van der Waals surface area contributed by atoms with Crippen LogP contribution in [0, 0.1) is 0 Å². The van der Waals surface area contributed by atoms with Gasteiger partial charge in [0, 0.05) is 6.42 Å². The molecular weight excluding hydrogens is 112 g/mol. The molecule has 0 aromatic carbocycles. The summed E-state index contributed by atoms with van der Waals surface area (Å²) in [4.78, 5) is 0. The maximum absolute atomic E-state index is 5.22. The summed E-state index contributed by atoms with van der Waals surface area (Å²) in [6.07, 6.45) is 2.80. The molecule has 0 aliphatic heterocycles. The highest BCUT2D eigenvalue weighted by Crippen LogP contribution is 2.05. The summed E-state index contributed by atoms with van der Waals surface area (Å²) >= 11 is 0. The van der Waals surface area contributed by atoms with Crippen LogP contribution in [0.3, 0.4) is 0 Å². The summed E-state index contributed by atoms with van der Waals surface area (Å²) in [5.41, 5.74) is 0. The van der Waals surface area contributed by atoms with Gasteiger partial charge >= 0.3 is 0 Å². The second-order valence-corrected chi connectivity index (χ2v) is 1.89. The number of hydrogen-bond donors (Lipinski definition) is 0. The summed E-state index contributed by atoms with van der Waals surface area (Å²) in [6.45, 7) is 9.58. The molecule has 0 unspecified atom stereocenters. The van der Waals surface area contributed by atoms with E-state index in [9.17, 15) is 0 Å². The fourth-order valence-corrected chi connectivity index (χ4v) is 0.359. The van der Waals surface area contributed by atoms with Gasteiger partial charge in [-0.15, -0.1) is 0 Å². The van der Waals surface area contributed by atoms with Crippen LogP contribution in [-0.4, -0.2) is 0 Å². The van der Waals surface area contributed by atoms with Crippen molar-refractivity contribution in [3.63, 3.8) is 0 Å². The number of allylic oxidation sites excluding steroid dienone is 3. The van der Waals surface area contributed by atoms with Gasteiger partial charge in [0.1, 0.15) is 0 Å². The normalized spacial score (nSPS) is 11.2. The standard InChI is InChI=1S/C8H14O/c1-5-7(3)9-8(4)6-2/h6H,3,5H2,1-2,4H3. The highest BCUT2D eigenvalue weighted by molar-refractivity contribution is 4.93. The lowest BCUT2D eigenvalue weighted by atomic mass is 10.4. The Labute approximate surface area is 57.0 Å². The molecule has 0 aromatic rings. The van der Waals surface area contributed by atoms with Crippen LogP contribution < -0.4 is 0 Å². The average Bonchev–Trinajstić information content (AvgIpc) is 1.87. The lowest BCUT2D eigenvalue weighted by Crippen LogP contribution is -1.85. The molecule has 0 N–H and O–H groups in total. The smallest absolute Gasteiger partial charge is 0.0962 e. The van der Waals surface area contributed by atoms with Gasteiger partial charge in [0.15, 0.2) is 0 Å². The van der Waals surface area contributed by atoms with Crippen molar-refractivity contribution in [2.24, 2.45) is 0 Å². The van der Waals surface area contributed by atoms with Gasteiger partial charge in [-0.3, -0.25) is 0 Å². The fraction of sp³-hybridized carbons (Fsp3) is 0.500. The molecule has 0 heterocycles. The van der Waals surface area contributed by atoms with Gasteiger partial charge in [-0.25, -0.2) is 0 Å². The van der Waals surface area contributed by atoms with Gasteiger partial charge in [-0.05, 0) is 19.9 Å². The minimum atomic E-state index is 0.825. The molecule has 0 aromatic heterocycles. The van der Waals surface area contributed by atoms with Crippen molar-refractivity contribution >= 4 is 0 Å². The van der Waals surface area contributed by atoms with E-state index in [4.69, 9.17) is 4.74 Å². The molecule has 0 aliphatic carbocycles. The first-order valence-electron chi connectivity index (χ1n) is 3.19. The van der Waals surface area contributed by atoms with Crippen molar-refractivity contribution in [1.82, 2.24) is 0 Å². The van der Waals surface area contributed by atoms with E-state index in [-0.39, 0.29) is 0 Å². The minimum Gasteiger partial charge on any atom is -0.467 e. The first-order chi connectivity index (χ1) is 4.20. The molecule has 0 saturated heterocycles. The zero-order valence-corrected chi connectivity index (χ0v) is 6.40. The van der Waals surface area contributed by atoms with Crippen LogP contribution in [0.5, 0.6) is 0 Å². The van der Waals surface area contributed by atoms with Gasteiger partial charge in [0.2, 0.25) is 0 Å². The molecule has 0 amide bonds. The van der Waals surface area contributed by atoms with Crippen LogP contribution in [0.4, 0.5) is 0 Å². The Kier molecular flexibility index (Phi) is 3.85. The van der Waals surface area contributed by atoms with E-state index in [1.54, 1.807) is 0 Å². The quantitative estimate of drug-likeness (QED) is 0.528. The molecule has 52 valence electrons. The van der Waals surface area contributed by atoms with Crippen LogP contribution in [0.1, 0.15) is 27.2 Å². The Bertz CT molecular complexity index is 123. The van der Waals surface area contributed by atoms with Crippen molar-refractivity contribution in [2.45, 2.75) is 27.2 Å². The zero-order valence-electron chi connectivity index (χ0n) is 6.40. The lowest BCUT2D eigenvalue weighted by Gasteiger charge is -2.04. The van der Waals surface area contributed by atoms with E-state index in [0.717, 1.165) is 17.9 Å². The summed E-state index contributed by atoms with van der Waals surface area (Å²) in [7, 11) is 0. The predicted molar refractivity (Wildman–Crippen MR) is 39.9 cm³/mol. The Morgan fingerprint density at radius 3 is 2.56 bits per heavy atom. The number of ether oxygens (including phenoxy) is 1. The summed E-state index contributed by atoms with van der Waals surface area (Å²) in [6, 6.07) is 0. The Hall–Kier alpha value is -0.720. The van der Waals surface area contributed by atoms with Crippen LogP contribution >= 0.6 is 0 Å². The van der Waals surface area contributed by atoms with Crippen molar-refractivity contribution in [2.75, 3.05) is 0 Å². The van der Waals surface area contributed by atoms with Crippen molar-refractivity contribution in [3.8, 4) is 0 Å². The third-order valence-corrected chi connectivity index (χ3v) is 1.11. The van der Waals surface area contributed by atoms with E-state index in [1.165, 1.54) is 0 Å². The van der Waals surface area contributed by atoms with Crippen LogP contribution in [0.15, 0.2) is 24.2 Å². The fourth-order valence-electron chi connectivity index (χ4n) is 0.359. The maximum atomic E-state index is 5.22. The van der Waals surface area contributed by atoms with E-state index in [1.807, 2.05) is 26.8 Å². The molecule has 0 spiro atoms. The second kappa shape index (κ2) is 4.19. The number of rotatable bonds is 3. The van der Waals surface area contributed by atoms with E-state index >= 15 is 0 Å². The van der Waals surface area contributed by atoms with Crippen LogP contribution in [0.25, 0.3) is 0 Å². The van der Waals surface area contributed by atoms with Gasteiger partial charge in [0.05, 0.1) is 11.5 Å². The molecule has 0 atom stereocenters. The molecule has 0 radical (unpaired) electrons. The van der Waals surface area contributed by atoms with E-state index in [2.05, 4.69) is 6.58 Å². The van der Waals surface area contributed by atoms with Crippen molar-refractivity contribution < 1.29 is 4.74 Å². The molecule has 0 rings (SSSR count). The molecule has 0 fully saturated rings. The topological polar surface area (TPSA) is 9.23 Å². The van der Waals surface area contributed by atoms with Crippen molar-refractivity contribution in [1.29, 1.82) is 0 Å². The monoisotopic (exact) mass is 126 g/mol. The lowest BCUT2D eigenvalue weighted by molar-refractivity contribution is 0.297. The van der Waals surface area contributed by atoms with E-state index in [0.29, 0.717) is 0 Å². The third-order valence-electron chi connectivity index (χ3n) is 1.11. The van der Waals surface area contributed by atoms with Gasteiger partial charge in [-0.2, -0.15) is 0 Å². The first-order valence-corrected chi connectivity index (χ1v) is 3.19. The molecular formula is C8H14O. The second-order valence-electron chi connectivity index (χ2n) is 1.89. The van der Waals surface area contributed by atoms with Gasteiger partial charge in [0.25, 0.3) is 0 Å². The molecule has 9 heavy (non-hydrogen) atoms. The predicted octanol–water partition coefficient (Wildman–Crippen LogP) is 2.85. The first kappa shape index (κ1) is 8.28. The van der Waals surface area contributed by atoms with Crippen LogP contribution in [-0.2, 0) is 4.74 Å². The molecule has 1 heteroatoms. The SMILES string of the molecule is C=C(CC)OC(C)=CC. The molecule has 0 bridgehead atoms. The molecule has 0 saturated carbocycles. The van der Waals surface area contributed by atoms with Crippen molar-refractivity contribution in [3.05, 3.63) is 24.2 Å². The summed E-state index contributed by atoms with van der Waals surface area (Å²) < 4.78 is 5.22. The highest BCUT2D eigenvalue weighted by atomic mass is 16.5. The Balaban J connectivity index is 3.60. The average molecular weight is 126 g/mol. The van der Waals surface area contributed by atoms with E-state index < -0.39 is 0 Å².